The molecule has 2 atom stereocenters. The number of rotatable bonds is 6. The van der Waals surface area contributed by atoms with Crippen LogP contribution >= 0.6 is 0 Å². The molecule has 0 unspecified atom stereocenters. The van der Waals surface area contributed by atoms with Crippen LogP contribution in [-0.2, 0) is 14.3 Å². The lowest BCUT2D eigenvalue weighted by molar-refractivity contribution is -0.147. The summed E-state index contributed by atoms with van der Waals surface area (Å²) in [5.74, 6) is 0.127. The topological polar surface area (TPSA) is 42.0 Å². The minimum Gasteiger partial charge on any atom is -0.376 e. The van der Waals surface area contributed by atoms with Gasteiger partial charge in [-0.2, -0.15) is 0 Å². The predicted octanol–water partition coefficient (Wildman–Crippen LogP) is 1.51. The highest BCUT2D eigenvalue weighted by Gasteiger charge is 2.26. The van der Waals surface area contributed by atoms with Crippen LogP contribution in [0.15, 0.2) is 0 Å². The number of hydrogen-bond acceptors (Lipinski definition) is 4. The minimum absolute atomic E-state index is 0.127. The molecule has 0 saturated carbocycles. The highest BCUT2D eigenvalue weighted by molar-refractivity contribution is 5.80. The molecule has 0 aromatic rings. The first-order chi connectivity index (χ1) is 10.2. The molecule has 2 aliphatic heterocycles. The van der Waals surface area contributed by atoms with Crippen LogP contribution in [0.25, 0.3) is 0 Å². The monoisotopic (exact) mass is 298 g/mol. The zero-order valence-electron chi connectivity index (χ0n) is 13.6. The summed E-state index contributed by atoms with van der Waals surface area (Å²) in [4.78, 5) is 16.7. The molecule has 0 aromatic heterocycles. The van der Waals surface area contributed by atoms with Crippen LogP contribution in [-0.4, -0.2) is 73.9 Å². The molecule has 21 heavy (non-hydrogen) atoms. The summed E-state index contributed by atoms with van der Waals surface area (Å²) < 4.78 is 11.4. The molecule has 0 aromatic carbocycles. The van der Waals surface area contributed by atoms with Crippen molar-refractivity contribution in [2.75, 3.05) is 45.9 Å². The van der Waals surface area contributed by atoms with Gasteiger partial charge < -0.3 is 14.4 Å². The third-order valence-corrected chi connectivity index (χ3v) is 4.38. The van der Waals surface area contributed by atoms with Gasteiger partial charge in [-0.25, -0.2) is 0 Å². The van der Waals surface area contributed by atoms with E-state index in [1.54, 1.807) is 0 Å². The van der Waals surface area contributed by atoms with Gasteiger partial charge in [0.2, 0.25) is 0 Å². The smallest absolute Gasteiger partial charge is 0.251 e. The maximum atomic E-state index is 12.4. The predicted molar refractivity (Wildman–Crippen MR) is 82.3 cm³/mol. The SMILES string of the molecule is CCCN1CCN(C(=O)[C@H](C)OC[C@@H]2CCCCO2)CC1. The van der Waals surface area contributed by atoms with Gasteiger partial charge in [0.15, 0.2) is 0 Å². The van der Waals surface area contributed by atoms with E-state index in [-0.39, 0.29) is 18.1 Å². The molecule has 2 rings (SSSR count). The Labute approximate surface area is 128 Å². The van der Waals surface area contributed by atoms with Crippen LogP contribution in [0.1, 0.15) is 39.5 Å². The number of carbonyl (C=O) groups excluding carboxylic acids is 1. The molecule has 0 N–H and O–H groups in total. The van der Waals surface area contributed by atoms with E-state index < -0.39 is 0 Å². The highest BCUT2D eigenvalue weighted by Crippen LogP contribution is 2.14. The first kappa shape index (κ1) is 16.7. The molecule has 2 aliphatic rings. The lowest BCUT2D eigenvalue weighted by atomic mass is 10.1. The number of amides is 1. The molecular formula is C16H30N2O3. The second kappa shape index (κ2) is 8.71. The lowest BCUT2D eigenvalue weighted by Gasteiger charge is -2.36. The molecule has 0 aliphatic carbocycles. The number of hydrogen-bond donors (Lipinski definition) is 0. The Hall–Kier alpha value is -0.650. The molecule has 2 fully saturated rings. The summed E-state index contributed by atoms with van der Waals surface area (Å²) in [5, 5.41) is 0. The average molecular weight is 298 g/mol. The molecule has 0 radical (unpaired) electrons. The molecule has 0 bridgehead atoms. The molecule has 2 saturated heterocycles. The molecule has 0 spiro atoms. The maximum Gasteiger partial charge on any atom is 0.251 e. The van der Waals surface area contributed by atoms with Gasteiger partial charge in [-0.05, 0) is 39.2 Å². The van der Waals surface area contributed by atoms with Crippen molar-refractivity contribution in [3.05, 3.63) is 0 Å². The number of carbonyl (C=O) groups is 1. The van der Waals surface area contributed by atoms with Crippen molar-refractivity contribution in [3.8, 4) is 0 Å². The van der Waals surface area contributed by atoms with E-state index in [9.17, 15) is 4.79 Å². The number of nitrogens with zero attached hydrogens (tertiary/aromatic N) is 2. The van der Waals surface area contributed by atoms with Gasteiger partial charge in [0, 0.05) is 32.8 Å². The van der Waals surface area contributed by atoms with Crippen molar-refractivity contribution in [1.82, 2.24) is 9.80 Å². The van der Waals surface area contributed by atoms with Crippen LogP contribution in [0, 0.1) is 0 Å². The fraction of sp³-hybridized carbons (Fsp3) is 0.938. The van der Waals surface area contributed by atoms with E-state index in [4.69, 9.17) is 9.47 Å². The van der Waals surface area contributed by atoms with Gasteiger partial charge in [0.1, 0.15) is 6.10 Å². The fourth-order valence-electron chi connectivity index (χ4n) is 3.03. The highest BCUT2D eigenvalue weighted by atomic mass is 16.5. The standard InChI is InChI=1S/C16H30N2O3/c1-3-7-17-8-10-18(11-9-17)16(19)14(2)21-13-15-6-4-5-12-20-15/h14-15H,3-13H2,1-2H3/t14-,15-/m0/s1. The van der Waals surface area contributed by atoms with E-state index in [1.807, 2.05) is 11.8 Å². The van der Waals surface area contributed by atoms with Crippen molar-refractivity contribution in [2.45, 2.75) is 51.7 Å². The van der Waals surface area contributed by atoms with Crippen LogP contribution in [0.4, 0.5) is 0 Å². The van der Waals surface area contributed by atoms with Crippen molar-refractivity contribution in [2.24, 2.45) is 0 Å². The first-order valence-electron chi connectivity index (χ1n) is 8.45. The Balaban J connectivity index is 1.67. The number of piperazine rings is 1. The summed E-state index contributed by atoms with van der Waals surface area (Å²) >= 11 is 0. The number of ether oxygens (including phenoxy) is 2. The first-order valence-corrected chi connectivity index (χ1v) is 8.45. The summed E-state index contributed by atoms with van der Waals surface area (Å²) in [5.41, 5.74) is 0. The molecule has 5 nitrogen and oxygen atoms in total. The maximum absolute atomic E-state index is 12.4. The van der Waals surface area contributed by atoms with Crippen molar-refractivity contribution in [3.63, 3.8) is 0 Å². The van der Waals surface area contributed by atoms with E-state index in [2.05, 4.69) is 11.8 Å². The van der Waals surface area contributed by atoms with Crippen LogP contribution < -0.4 is 0 Å². The van der Waals surface area contributed by atoms with Gasteiger partial charge in [0.05, 0.1) is 12.7 Å². The van der Waals surface area contributed by atoms with Crippen molar-refractivity contribution >= 4 is 5.91 Å². The van der Waals surface area contributed by atoms with E-state index >= 15 is 0 Å². The Bertz CT molecular complexity index is 311. The third kappa shape index (κ3) is 5.24. The van der Waals surface area contributed by atoms with Crippen LogP contribution in [0.2, 0.25) is 0 Å². The normalized spacial score (nSPS) is 25.8. The minimum atomic E-state index is -0.353. The molecular weight excluding hydrogens is 268 g/mol. The zero-order chi connectivity index (χ0) is 15.1. The summed E-state index contributed by atoms with van der Waals surface area (Å²) in [6, 6.07) is 0. The van der Waals surface area contributed by atoms with Crippen LogP contribution in [0.3, 0.4) is 0 Å². The quantitative estimate of drug-likeness (QED) is 0.745. The zero-order valence-corrected chi connectivity index (χ0v) is 13.6. The van der Waals surface area contributed by atoms with Gasteiger partial charge in [-0.1, -0.05) is 6.92 Å². The lowest BCUT2D eigenvalue weighted by Crippen LogP contribution is -2.51. The van der Waals surface area contributed by atoms with E-state index in [1.165, 1.54) is 12.8 Å². The van der Waals surface area contributed by atoms with Gasteiger partial charge in [-0.15, -0.1) is 0 Å². The van der Waals surface area contributed by atoms with E-state index in [0.29, 0.717) is 6.61 Å². The van der Waals surface area contributed by atoms with Gasteiger partial charge in [-0.3, -0.25) is 9.69 Å². The fourth-order valence-corrected chi connectivity index (χ4v) is 3.03. The Morgan fingerprint density at radius 2 is 2.05 bits per heavy atom. The average Bonchev–Trinajstić information content (AvgIpc) is 2.54. The van der Waals surface area contributed by atoms with Crippen molar-refractivity contribution < 1.29 is 14.3 Å². The Kier molecular flexibility index (Phi) is 6.93. The Morgan fingerprint density at radius 1 is 1.29 bits per heavy atom. The second-order valence-corrected chi connectivity index (χ2v) is 6.13. The second-order valence-electron chi connectivity index (χ2n) is 6.13. The summed E-state index contributed by atoms with van der Waals surface area (Å²) in [7, 11) is 0. The van der Waals surface area contributed by atoms with Gasteiger partial charge in [0.25, 0.3) is 5.91 Å². The molecule has 2 heterocycles. The Morgan fingerprint density at radius 3 is 2.67 bits per heavy atom. The van der Waals surface area contributed by atoms with Gasteiger partial charge >= 0.3 is 0 Å². The van der Waals surface area contributed by atoms with Crippen LogP contribution in [0.5, 0.6) is 0 Å². The largest absolute Gasteiger partial charge is 0.376 e. The summed E-state index contributed by atoms with van der Waals surface area (Å²) in [6.45, 7) is 10.2. The summed E-state index contributed by atoms with van der Waals surface area (Å²) in [6.07, 6.45) is 4.40. The molecule has 5 heteroatoms. The molecule has 1 amide bonds. The molecule has 122 valence electrons. The van der Waals surface area contributed by atoms with E-state index in [0.717, 1.165) is 52.2 Å². The third-order valence-electron chi connectivity index (χ3n) is 4.38. The van der Waals surface area contributed by atoms with Crippen molar-refractivity contribution in [1.29, 1.82) is 0 Å².